The number of benzene rings is 2. The summed E-state index contributed by atoms with van der Waals surface area (Å²) >= 11 is 0. The minimum absolute atomic E-state index is 0.342. The fourth-order valence-corrected chi connectivity index (χ4v) is 3.25. The normalized spacial score (nSPS) is 14.8. The van der Waals surface area contributed by atoms with Crippen LogP contribution in [0.1, 0.15) is 24.1 Å². The molecular weight excluding hydrogens is 296 g/mol. The van der Waals surface area contributed by atoms with Gasteiger partial charge in [-0.05, 0) is 18.1 Å². The van der Waals surface area contributed by atoms with E-state index in [1.807, 2.05) is 6.79 Å². The molecule has 0 aromatic heterocycles. The van der Waals surface area contributed by atoms with Crippen LogP contribution in [0.4, 0.5) is 0 Å². The zero-order valence-corrected chi connectivity index (χ0v) is 14.4. The standard InChI is InChI=1S/C20H24N2.CH2O/c1-17(2)21-13-15-22(16-14-21)20(18-9-5-3-6-10-18)19-11-7-4-8-12-19;1-2/h3-12,20H,1,13-16H2,2H3;1H2. The van der Waals surface area contributed by atoms with Gasteiger partial charge in [-0.15, -0.1) is 0 Å². The van der Waals surface area contributed by atoms with Gasteiger partial charge in [-0.3, -0.25) is 4.90 Å². The van der Waals surface area contributed by atoms with Crippen LogP contribution in [0.15, 0.2) is 72.9 Å². The number of piperazine rings is 1. The van der Waals surface area contributed by atoms with Gasteiger partial charge in [0, 0.05) is 31.9 Å². The largest absolute Gasteiger partial charge is 0.373 e. The molecule has 0 bridgehead atoms. The Bertz CT molecular complexity index is 579. The lowest BCUT2D eigenvalue weighted by Crippen LogP contribution is -2.46. The Labute approximate surface area is 145 Å². The number of rotatable bonds is 4. The molecular formula is C21H26N2O. The molecule has 24 heavy (non-hydrogen) atoms. The molecule has 2 aromatic carbocycles. The van der Waals surface area contributed by atoms with Crippen LogP contribution in [0.3, 0.4) is 0 Å². The van der Waals surface area contributed by atoms with E-state index in [9.17, 15) is 0 Å². The van der Waals surface area contributed by atoms with Gasteiger partial charge in [0.15, 0.2) is 0 Å². The van der Waals surface area contributed by atoms with E-state index in [1.165, 1.54) is 16.8 Å². The maximum atomic E-state index is 8.00. The number of nitrogens with zero attached hydrogens (tertiary/aromatic N) is 2. The third kappa shape index (κ3) is 4.33. The number of allylic oxidation sites excluding steroid dienone is 1. The molecule has 126 valence electrons. The molecule has 0 radical (unpaired) electrons. The van der Waals surface area contributed by atoms with E-state index >= 15 is 0 Å². The summed E-state index contributed by atoms with van der Waals surface area (Å²) in [4.78, 5) is 13.0. The number of carbonyl (C=O) groups is 1. The topological polar surface area (TPSA) is 23.6 Å². The van der Waals surface area contributed by atoms with E-state index in [0.717, 1.165) is 26.2 Å². The summed E-state index contributed by atoms with van der Waals surface area (Å²) < 4.78 is 0. The van der Waals surface area contributed by atoms with Crippen LogP contribution in [0.2, 0.25) is 0 Å². The fourth-order valence-electron chi connectivity index (χ4n) is 3.25. The highest BCUT2D eigenvalue weighted by atomic mass is 16.1. The third-order valence-electron chi connectivity index (χ3n) is 4.45. The van der Waals surface area contributed by atoms with Crippen molar-refractivity contribution in [2.24, 2.45) is 0 Å². The molecule has 1 heterocycles. The van der Waals surface area contributed by atoms with Crippen LogP contribution in [0.25, 0.3) is 0 Å². The Morgan fingerprint density at radius 1 is 0.833 bits per heavy atom. The number of hydrogen-bond acceptors (Lipinski definition) is 3. The first kappa shape index (κ1) is 18.0. The van der Waals surface area contributed by atoms with Crippen molar-refractivity contribution in [2.45, 2.75) is 13.0 Å². The minimum atomic E-state index is 0.342. The Balaban J connectivity index is 0.00000100. The highest BCUT2D eigenvalue weighted by Crippen LogP contribution is 2.29. The molecule has 0 aliphatic carbocycles. The second-order valence-corrected chi connectivity index (χ2v) is 5.98. The maximum absolute atomic E-state index is 8.00. The van der Waals surface area contributed by atoms with Crippen molar-refractivity contribution in [3.05, 3.63) is 84.1 Å². The lowest BCUT2D eigenvalue weighted by atomic mass is 9.96. The van der Waals surface area contributed by atoms with Gasteiger partial charge in [0.25, 0.3) is 0 Å². The lowest BCUT2D eigenvalue weighted by Gasteiger charge is -2.40. The zero-order valence-electron chi connectivity index (χ0n) is 14.4. The molecule has 0 spiro atoms. The smallest absolute Gasteiger partial charge is 0.106 e. The highest BCUT2D eigenvalue weighted by molar-refractivity contribution is 5.32. The van der Waals surface area contributed by atoms with E-state index in [1.54, 1.807) is 0 Å². The van der Waals surface area contributed by atoms with Crippen LogP contribution < -0.4 is 0 Å². The van der Waals surface area contributed by atoms with Gasteiger partial charge in [0.2, 0.25) is 0 Å². The highest BCUT2D eigenvalue weighted by Gasteiger charge is 2.25. The predicted molar refractivity (Wildman–Crippen MR) is 99.8 cm³/mol. The van der Waals surface area contributed by atoms with E-state index in [2.05, 4.69) is 84.0 Å². The Hall–Kier alpha value is -2.39. The SMILES string of the molecule is C=C(C)N1CCN(C(c2ccccc2)c2ccccc2)CC1.C=O. The molecule has 0 amide bonds. The predicted octanol–water partition coefficient (Wildman–Crippen LogP) is 3.74. The second-order valence-electron chi connectivity index (χ2n) is 5.98. The summed E-state index contributed by atoms with van der Waals surface area (Å²) in [5.74, 6) is 0. The molecule has 1 saturated heterocycles. The Kier molecular flexibility index (Phi) is 6.76. The minimum Gasteiger partial charge on any atom is -0.373 e. The van der Waals surface area contributed by atoms with E-state index < -0.39 is 0 Å². The van der Waals surface area contributed by atoms with Crippen molar-refractivity contribution < 1.29 is 4.79 Å². The van der Waals surface area contributed by atoms with Crippen molar-refractivity contribution in [3.63, 3.8) is 0 Å². The average molecular weight is 322 g/mol. The van der Waals surface area contributed by atoms with Crippen molar-refractivity contribution >= 4 is 6.79 Å². The second kappa shape index (κ2) is 9.04. The zero-order chi connectivity index (χ0) is 17.4. The Morgan fingerprint density at radius 3 is 1.62 bits per heavy atom. The maximum Gasteiger partial charge on any atom is 0.106 e. The van der Waals surface area contributed by atoms with Gasteiger partial charge in [0.05, 0.1) is 6.04 Å². The van der Waals surface area contributed by atoms with Gasteiger partial charge in [0.1, 0.15) is 6.79 Å². The molecule has 1 aliphatic heterocycles. The van der Waals surface area contributed by atoms with Crippen molar-refractivity contribution in [3.8, 4) is 0 Å². The van der Waals surface area contributed by atoms with Crippen molar-refractivity contribution in [1.82, 2.24) is 9.80 Å². The van der Waals surface area contributed by atoms with Crippen molar-refractivity contribution in [2.75, 3.05) is 26.2 Å². The molecule has 1 fully saturated rings. The third-order valence-corrected chi connectivity index (χ3v) is 4.45. The summed E-state index contributed by atoms with van der Waals surface area (Å²) in [6.45, 7) is 12.4. The van der Waals surface area contributed by atoms with Gasteiger partial charge in [-0.25, -0.2) is 0 Å². The van der Waals surface area contributed by atoms with Gasteiger partial charge in [-0.1, -0.05) is 67.2 Å². The molecule has 2 aromatic rings. The molecule has 0 unspecified atom stereocenters. The summed E-state index contributed by atoms with van der Waals surface area (Å²) in [5.41, 5.74) is 3.92. The quantitative estimate of drug-likeness (QED) is 0.857. The van der Waals surface area contributed by atoms with E-state index in [4.69, 9.17) is 4.79 Å². The molecule has 1 aliphatic rings. The van der Waals surface area contributed by atoms with Crippen LogP contribution in [0.5, 0.6) is 0 Å². The monoisotopic (exact) mass is 322 g/mol. The Morgan fingerprint density at radius 2 is 1.25 bits per heavy atom. The lowest BCUT2D eigenvalue weighted by molar-refractivity contribution is -0.0979. The summed E-state index contributed by atoms with van der Waals surface area (Å²) in [7, 11) is 0. The molecule has 3 rings (SSSR count). The van der Waals surface area contributed by atoms with Gasteiger partial charge < -0.3 is 9.69 Å². The van der Waals surface area contributed by atoms with Gasteiger partial charge in [-0.2, -0.15) is 0 Å². The molecule has 0 N–H and O–H groups in total. The van der Waals surface area contributed by atoms with Crippen LogP contribution in [0, 0.1) is 0 Å². The van der Waals surface area contributed by atoms with Crippen LogP contribution in [-0.4, -0.2) is 42.8 Å². The van der Waals surface area contributed by atoms with Crippen molar-refractivity contribution in [1.29, 1.82) is 0 Å². The first-order valence-corrected chi connectivity index (χ1v) is 8.29. The number of hydrogen-bond donors (Lipinski definition) is 0. The summed E-state index contributed by atoms with van der Waals surface area (Å²) in [6.07, 6.45) is 0. The number of carbonyl (C=O) groups excluding carboxylic acids is 1. The molecule has 3 heteroatoms. The van der Waals surface area contributed by atoms with Crippen LogP contribution >= 0.6 is 0 Å². The first-order chi connectivity index (χ1) is 11.8. The van der Waals surface area contributed by atoms with E-state index in [0.29, 0.717) is 6.04 Å². The van der Waals surface area contributed by atoms with Crippen LogP contribution in [-0.2, 0) is 4.79 Å². The summed E-state index contributed by atoms with van der Waals surface area (Å²) in [6, 6.07) is 22.0. The average Bonchev–Trinajstić information content (AvgIpc) is 2.66. The van der Waals surface area contributed by atoms with Gasteiger partial charge >= 0.3 is 0 Å². The first-order valence-electron chi connectivity index (χ1n) is 8.29. The molecule has 0 atom stereocenters. The molecule has 3 nitrogen and oxygen atoms in total. The molecule has 0 saturated carbocycles. The summed E-state index contributed by atoms with van der Waals surface area (Å²) in [5, 5.41) is 0. The fraction of sp³-hybridized carbons (Fsp3) is 0.286. The van der Waals surface area contributed by atoms with E-state index in [-0.39, 0.29) is 0 Å².